The summed E-state index contributed by atoms with van der Waals surface area (Å²) in [5, 5.41) is 2.63. The van der Waals surface area contributed by atoms with Crippen molar-refractivity contribution >= 4 is 5.91 Å². The van der Waals surface area contributed by atoms with Crippen LogP contribution in [0.4, 0.5) is 8.78 Å². The van der Waals surface area contributed by atoms with Crippen LogP contribution in [-0.2, 0) is 0 Å². The molecule has 0 fully saturated rings. The van der Waals surface area contributed by atoms with Gasteiger partial charge in [-0.1, -0.05) is 6.92 Å². The summed E-state index contributed by atoms with van der Waals surface area (Å²) in [6.45, 7) is 5.30. The van der Waals surface area contributed by atoms with Gasteiger partial charge in [0, 0.05) is 25.2 Å². The minimum Gasteiger partial charge on any atom is -0.351 e. The number of nitrogens with one attached hydrogen (secondary N) is 1. The maximum atomic E-state index is 13.4. The molecule has 0 radical (unpaired) electrons. The first-order chi connectivity index (χ1) is 8.95. The largest absolute Gasteiger partial charge is 0.351 e. The van der Waals surface area contributed by atoms with E-state index < -0.39 is 17.5 Å². The molecule has 0 spiro atoms. The van der Waals surface area contributed by atoms with Gasteiger partial charge in [-0.05, 0) is 32.5 Å². The second kappa shape index (κ2) is 7.19. The van der Waals surface area contributed by atoms with E-state index in [-0.39, 0.29) is 5.56 Å². The Bertz CT molecular complexity index is 437. The van der Waals surface area contributed by atoms with E-state index >= 15 is 0 Å². The van der Waals surface area contributed by atoms with Gasteiger partial charge in [0.25, 0.3) is 5.91 Å². The topological polar surface area (TPSA) is 32.3 Å². The molecule has 1 atom stereocenters. The Hall–Kier alpha value is -1.49. The highest BCUT2D eigenvalue weighted by molar-refractivity contribution is 5.94. The van der Waals surface area contributed by atoms with Crippen LogP contribution in [-0.4, -0.2) is 37.0 Å². The smallest absolute Gasteiger partial charge is 0.254 e. The fraction of sp³-hybridized carbons (Fsp3) is 0.500. The monoisotopic (exact) mass is 270 g/mol. The molecule has 1 aromatic carbocycles. The van der Waals surface area contributed by atoms with Crippen LogP contribution in [0.5, 0.6) is 0 Å². The highest BCUT2D eigenvalue weighted by Crippen LogP contribution is 2.09. The lowest BCUT2D eigenvalue weighted by atomic mass is 10.2. The van der Waals surface area contributed by atoms with Crippen molar-refractivity contribution in [1.82, 2.24) is 10.2 Å². The van der Waals surface area contributed by atoms with Crippen molar-refractivity contribution in [3.8, 4) is 0 Å². The molecule has 0 aliphatic heterocycles. The number of halogens is 2. The van der Waals surface area contributed by atoms with Crippen LogP contribution in [0.3, 0.4) is 0 Å². The molecule has 0 unspecified atom stereocenters. The summed E-state index contributed by atoms with van der Waals surface area (Å²) >= 11 is 0. The fourth-order valence-corrected chi connectivity index (χ4v) is 1.65. The summed E-state index contributed by atoms with van der Waals surface area (Å²) in [5.41, 5.74) is -0.132. The Kier molecular flexibility index (Phi) is 5.89. The van der Waals surface area contributed by atoms with E-state index in [1.165, 1.54) is 0 Å². The van der Waals surface area contributed by atoms with Gasteiger partial charge in [-0.25, -0.2) is 8.78 Å². The Morgan fingerprint density at radius 2 is 2.11 bits per heavy atom. The molecule has 0 bridgehead atoms. The fourth-order valence-electron chi connectivity index (χ4n) is 1.65. The van der Waals surface area contributed by atoms with E-state index in [0.717, 1.165) is 18.6 Å². The molecule has 19 heavy (non-hydrogen) atoms. The van der Waals surface area contributed by atoms with E-state index in [4.69, 9.17) is 0 Å². The third-order valence-electron chi connectivity index (χ3n) is 3.27. The molecule has 1 rings (SSSR count). The molecule has 5 heteroatoms. The lowest BCUT2D eigenvalue weighted by molar-refractivity contribution is 0.0943. The molecule has 0 aliphatic rings. The van der Waals surface area contributed by atoms with Crippen LogP contribution < -0.4 is 5.32 Å². The first-order valence-electron chi connectivity index (χ1n) is 6.39. The number of benzene rings is 1. The van der Waals surface area contributed by atoms with Crippen LogP contribution in [0.15, 0.2) is 18.2 Å². The number of carbonyl (C=O) groups excluding carboxylic acids is 1. The summed E-state index contributed by atoms with van der Waals surface area (Å²) in [5.74, 6) is -2.05. The third kappa shape index (κ3) is 4.59. The minimum atomic E-state index is -0.840. The number of carbonyl (C=O) groups is 1. The number of amides is 1. The second-order valence-corrected chi connectivity index (χ2v) is 4.62. The molecule has 1 N–H and O–H groups in total. The second-order valence-electron chi connectivity index (χ2n) is 4.62. The molecule has 0 saturated carbocycles. The van der Waals surface area contributed by atoms with Crippen molar-refractivity contribution in [2.45, 2.75) is 26.3 Å². The first kappa shape index (κ1) is 15.6. The molecule has 0 aliphatic carbocycles. The first-order valence-corrected chi connectivity index (χ1v) is 6.39. The van der Waals surface area contributed by atoms with Gasteiger partial charge < -0.3 is 10.2 Å². The van der Waals surface area contributed by atoms with Crippen LogP contribution >= 0.6 is 0 Å². The van der Waals surface area contributed by atoms with E-state index in [0.29, 0.717) is 25.2 Å². The average Bonchev–Trinajstić information content (AvgIpc) is 2.37. The molecule has 0 heterocycles. The van der Waals surface area contributed by atoms with Crippen LogP contribution in [0.2, 0.25) is 0 Å². The van der Waals surface area contributed by atoms with E-state index in [2.05, 4.69) is 24.1 Å². The van der Waals surface area contributed by atoms with Gasteiger partial charge in [-0.2, -0.15) is 0 Å². The summed E-state index contributed by atoms with van der Waals surface area (Å²) in [6.07, 6.45) is 1.02. The quantitative estimate of drug-likeness (QED) is 0.861. The SMILES string of the molecule is CC[C@@H](C)N(C)CCNC(=O)c1ccc(F)cc1F. The number of hydrogen-bond donors (Lipinski definition) is 1. The lowest BCUT2D eigenvalue weighted by Crippen LogP contribution is -2.37. The van der Waals surface area contributed by atoms with Gasteiger partial charge in [-0.15, -0.1) is 0 Å². The van der Waals surface area contributed by atoms with Gasteiger partial charge in [0.05, 0.1) is 5.56 Å². The van der Waals surface area contributed by atoms with E-state index in [1.807, 2.05) is 7.05 Å². The van der Waals surface area contributed by atoms with Crippen LogP contribution in [0.25, 0.3) is 0 Å². The number of rotatable bonds is 6. The normalized spacial score (nSPS) is 12.5. The summed E-state index contributed by atoms with van der Waals surface area (Å²) in [7, 11) is 1.97. The molecule has 106 valence electrons. The highest BCUT2D eigenvalue weighted by Gasteiger charge is 2.12. The average molecular weight is 270 g/mol. The van der Waals surface area contributed by atoms with Crippen molar-refractivity contribution in [2.24, 2.45) is 0 Å². The zero-order valence-corrected chi connectivity index (χ0v) is 11.5. The summed E-state index contributed by atoms with van der Waals surface area (Å²) in [4.78, 5) is 13.8. The maximum absolute atomic E-state index is 13.4. The van der Waals surface area contributed by atoms with E-state index in [9.17, 15) is 13.6 Å². The van der Waals surface area contributed by atoms with Gasteiger partial charge in [0.1, 0.15) is 11.6 Å². The van der Waals surface area contributed by atoms with Crippen molar-refractivity contribution in [3.63, 3.8) is 0 Å². The van der Waals surface area contributed by atoms with E-state index in [1.54, 1.807) is 0 Å². The lowest BCUT2D eigenvalue weighted by Gasteiger charge is -2.23. The Morgan fingerprint density at radius 1 is 1.42 bits per heavy atom. The molecule has 1 aromatic rings. The molecule has 0 saturated heterocycles. The number of likely N-dealkylation sites (N-methyl/N-ethyl adjacent to an activating group) is 1. The Labute approximate surface area is 112 Å². The molecule has 3 nitrogen and oxygen atoms in total. The summed E-state index contributed by atoms with van der Waals surface area (Å²) < 4.78 is 26.1. The van der Waals surface area contributed by atoms with Gasteiger partial charge in [-0.3, -0.25) is 4.79 Å². The zero-order valence-electron chi connectivity index (χ0n) is 11.5. The van der Waals surface area contributed by atoms with Gasteiger partial charge in [0.2, 0.25) is 0 Å². The Balaban J connectivity index is 2.47. The molecule has 0 aromatic heterocycles. The van der Waals surface area contributed by atoms with Crippen LogP contribution in [0, 0.1) is 11.6 Å². The van der Waals surface area contributed by atoms with Gasteiger partial charge >= 0.3 is 0 Å². The van der Waals surface area contributed by atoms with Crippen LogP contribution in [0.1, 0.15) is 30.6 Å². The summed E-state index contributed by atoms with van der Waals surface area (Å²) in [6, 6.07) is 3.36. The molecular formula is C14H20F2N2O. The highest BCUT2D eigenvalue weighted by atomic mass is 19.1. The Morgan fingerprint density at radius 3 is 2.68 bits per heavy atom. The third-order valence-corrected chi connectivity index (χ3v) is 3.27. The number of hydrogen-bond acceptors (Lipinski definition) is 2. The zero-order chi connectivity index (χ0) is 14.4. The van der Waals surface area contributed by atoms with Crippen molar-refractivity contribution in [2.75, 3.05) is 20.1 Å². The maximum Gasteiger partial charge on any atom is 0.254 e. The predicted molar refractivity (Wildman–Crippen MR) is 71.1 cm³/mol. The molecular weight excluding hydrogens is 250 g/mol. The standard InChI is InChI=1S/C14H20F2N2O/c1-4-10(2)18(3)8-7-17-14(19)12-6-5-11(15)9-13(12)16/h5-6,9-10H,4,7-8H2,1-3H3,(H,17,19)/t10-/m1/s1. The van der Waals surface area contributed by atoms with Crippen molar-refractivity contribution in [3.05, 3.63) is 35.4 Å². The van der Waals surface area contributed by atoms with Gasteiger partial charge in [0.15, 0.2) is 0 Å². The molecule has 1 amide bonds. The predicted octanol–water partition coefficient (Wildman–Crippen LogP) is 2.42. The number of nitrogens with zero attached hydrogens (tertiary/aromatic N) is 1. The van der Waals surface area contributed by atoms with Crippen molar-refractivity contribution < 1.29 is 13.6 Å². The minimum absolute atomic E-state index is 0.132. The van der Waals surface area contributed by atoms with Crippen molar-refractivity contribution in [1.29, 1.82) is 0 Å².